The van der Waals surface area contributed by atoms with Gasteiger partial charge in [-0.15, -0.1) is 0 Å². The van der Waals surface area contributed by atoms with Gasteiger partial charge in [0.05, 0.1) is 18.2 Å². The zero-order chi connectivity index (χ0) is 19.9. The molecule has 0 saturated carbocycles. The Labute approximate surface area is 141 Å². The standard InChI is InChI=1S/C13H7F6NO5S/c1-24-11(21)6-2-3-7-8(4-6)10(20-5-9(7)12(14,15)16)25-26(22,23)13(17,18)19/h2-5H,1H3. The summed E-state index contributed by atoms with van der Waals surface area (Å²) in [7, 11) is -5.23. The van der Waals surface area contributed by atoms with Crippen molar-refractivity contribution in [3.8, 4) is 5.88 Å². The lowest BCUT2D eigenvalue weighted by Gasteiger charge is -2.14. The van der Waals surface area contributed by atoms with Crippen LogP contribution in [0.25, 0.3) is 10.8 Å². The van der Waals surface area contributed by atoms with E-state index in [4.69, 9.17) is 0 Å². The highest BCUT2D eigenvalue weighted by molar-refractivity contribution is 7.88. The summed E-state index contributed by atoms with van der Waals surface area (Å²) >= 11 is 0. The molecule has 0 fully saturated rings. The van der Waals surface area contributed by atoms with Crippen LogP contribution in [0.5, 0.6) is 5.88 Å². The van der Waals surface area contributed by atoms with Gasteiger partial charge < -0.3 is 8.92 Å². The first-order chi connectivity index (χ1) is 11.8. The van der Waals surface area contributed by atoms with E-state index in [9.17, 15) is 39.6 Å². The lowest BCUT2D eigenvalue weighted by molar-refractivity contribution is -0.136. The summed E-state index contributed by atoms with van der Waals surface area (Å²) in [6, 6.07) is 2.37. The number of fused-ring (bicyclic) bond motifs is 1. The molecule has 1 aromatic carbocycles. The molecule has 26 heavy (non-hydrogen) atoms. The Balaban J connectivity index is 2.77. The summed E-state index contributed by atoms with van der Waals surface area (Å²) in [5.41, 5.74) is -7.54. The van der Waals surface area contributed by atoms with Gasteiger partial charge in [0, 0.05) is 17.0 Å². The summed E-state index contributed by atoms with van der Waals surface area (Å²) in [6.45, 7) is 0. The Morgan fingerprint density at radius 2 is 1.69 bits per heavy atom. The number of carbonyl (C=O) groups is 1. The largest absolute Gasteiger partial charge is 0.534 e. The predicted molar refractivity (Wildman–Crippen MR) is 73.7 cm³/mol. The Kier molecular flexibility index (Phi) is 4.79. The van der Waals surface area contributed by atoms with Gasteiger partial charge in [0.15, 0.2) is 0 Å². The Bertz CT molecular complexity index is 967. The molecule has 6 nitrogen and oxygen atoms in total. The Morgan fingerprint density at radius 3 is 2.19 bits per heavy atom. The molecule has 0 amide bonds. The van der Waals surface area contributed by atoms with Gasteiger partial charge in [-0.1, -0.05) is 6.07 Å². The topological polar surface area (TPSA) is 82.6 Å². The lowest BCUT2D eigenvalue weighted by atomic mass is 10.0. The highest BCUT2D eigenvalue weighted by atomic mass is 32.2. The molecular weight excluding hydrogens is 396 g/mol. The number of esters is 1. The number of methoxy groups -OCH3 is 1. The minimum absolute atomic E-state index is 0.126. The van der Waals surface area contributed by atoms with Crippen molar-refractivity contribution >= 4 is 26.9 Å². The van der Waals surface area contributed by atoms with Gasteiger partial charge in [0.1, 0.15) is 0 Å². The number of nitrogens with zero attached hydrogens (tertiary/aromatic N) is 1. The number of benzene rings is 1. The number of hydrogen-bond acceptors (Lipinski definition) is 6. The van der Waals surface area contributed by atoms with Gasteiger partial charge in [0.25, 0.3) is 0 Å². The first-order valence-corrected chi connectivity index (χ1v) is 7.78. The molecule has 2 rings (SSSR count). The molecule has 1 aromatic heterocycles. The van der Waals surface area contributed by atoms with Crippen LogP contribution in [0.2, 0.25) is 0 Å². The van der Waals surface area contributed by atoms with Crippen LogP contribution in [0.15, 0.2) is 24.4 Å². The summed E-state index contributed by atoms with van der Waals surface area (Å²) in [5.74, 6) is -2.29. The normalized spacial score (nSPS) is 12.9. The van der Waals surface area contributed by atoms with Gasteiger partial charge in [-0.05, 0) is 12.1 Å². The molecule has 142 valence electrons. The van der Waals surface area contributed by atoms with Crippen molar-refractivity contribution in [2.75, 3.05) is 7.11 Å². The minimum Gasteiger partial charge on any atom is -0.465 e. The van der Waals surface area contributed by atoms with E-state index in [0.29, 0.717) is 6.07 Å². The molecular formula is C13H7F6NO5S. The second kappa shape index (κ2) is 6.30. The van der Waals surface area contributed by atoms with Crippen molar-refractivity contribution in [1.82, 2.24) is 4.98 Å². The van der Waals surface area contributed by atoms with Crippen molar-refractivity contribution in [2.45, 2.75) is 11.7 Å². The minimum atomic E-state index is -6.19. The molecule has 0 saturated heterocycles. The van der Waals surface area contributed by atoms with Crippen LogP contribution >= 0.6 is 0 Å². The number of pyridine rings is 1. The maximum atomic E-state index is 13.0. The van der Waals surface area contributed by atoms with Crippen molar-refractivity contribution in [3.05, 3.63) is 35.5 Å². The van der Waals surface area contributed by atoms with E-state index in [2.05, 4.69) is 13.9 Å². The van der Waals surface area contributed by atoms with Gasteiger partial charge in [-0.3, -0.25) is 0 Å². The molecule has 0 unspecified atom stereocenters. The second-order valence-electron chi connectivity index (χ2n) is 4.71. The van der Waals surface area contributed by atoms with Gasteiger partial charge in [0.2, 0.25) is 5.88 Å². The molecule has 0 aliphatic rings. The van der Waals surface area contributed by atoms with E-state index in [1.807, 2.05) is 0 Å². The molecule has 0 aliphatic heterocycles. The van der Waals surface area contributed by atoms with Crippen LogP contribution in [-0.4, -0.2) is 32.0 Å². The third-order valence-electron chi connectivity index (χ3n) is 3.05. The quantitative estimate of drug-likeness (QED) is 0.339. The van der Waals surface area contributed by atoms with E-state index < -0.39 is 50.0 Å². The first kappa shape index (κ1) is 19.8. The molecule has 2 aromatic rings. The number of aromatic nitrogens is 1. The Hall–Kier alpha value is -2.57. The third kappa shape index (κ3) is 3.66. The molecule has 0 aliphatic carbocycles. The Morgan fingerprint density at radius 1 is 1.08 bits per heavy atom. The highest BCUT2D eigenvalue weighted by Crippen LogP contribution is 2.38. The van der Waals surface area contributed by atoms with Crippen molar-refractivity contribution in [2.24, 2.45) is 0 Å². The fourth-order valence-corrected chi connectivity index (χ4v) is 2.34. The van der Waals surface area contributed by atoms with Crippen molar-refractivity contribution < 1.29 is 48.5 Å². The van der Waals surface area contributed by atoms with Crippen LogP contribution < -0.4 is 4.18 Å². The zero-order valence-corrected chi connectivity index (χ0v) is 13.3. The van der Waals surface area contributed by atoms with Crippen molar-refractivity contribution in [3.63, 3.8) is 0 Å². The molecule has 0 radical (unpaired) electrons. The average Bonchev–Trinajstić information content (AvgIpc) is 2.51. The van der Waals surface area contributed by atoms with E-state index in [1.54, 1.807) is 0 Å². The summed E-state index contributed by atoms with van der Waals surface area (Å²) in [6.07, 6.45) is -4.82. The monoisotopic (exact) mass is 403 g/mol. The molecule has 13 heteroatoms. The average molecular weight is 403 g/mol. The van der Waals surface area contributed by atoms with Gasteiger partial charge >= 0.3 is 27.8 Å². The lowest BCUT2D eigenvalue weighted by Crippen LogP contribution is -2.28. The fourth-order valence-electron chi connectivity index (χ4n) is 1.91. The summed E-state index contributed by atoms with van der Waals surface area (Å²) in [5, 5.41) is -1.48. The number of hydrogen-bond donors (Lipinski definition) is 0. The van der Waals surface area contributed by atoms with E-state index in [0.717, 1.165) is 19.2 Å². The molecule has 0 atom stereocenters. The molecule has 0 N–H and O–H groups in total. The third-order valence-corrected chi connectivity index (χ3v) is 3.99. The second-order valence-corrected chi connectivity index (χ2v) is 6.25. The number of halogens is 6. The molecule has 0 spiro atoms. The maximum Gasteiger partial charge on any atom is 0.534 e. The summed E-state index contributed by atoms with van der Waals surface area (Å²) in [4.78, 5) is 14.5. The summed E-state index contributed by atoms with van der Waals surface area (Å²) < 4.78 is 107. The van der Waals surface area contributed by atoms with Gasteiger partial charge in [-0.2, -0.15) is 34.8 Å². The van der Waals surface area contributed by atoms with Crippen molar-refractivity contribution in [1.29, 1.82) is 0 Å². The van der Waals surface area contributed by atoms with Crippen LogP contribution in [0.1, 0.15) is 15.9 Å². The maximum absolute atomic E-state index is 13.0. The zero-order valence-electron chi connectivity index (χ0n) is 12.5. The van der Waals surface area contributed by atoms with Crippen LogP contribution in [0.4, 0.5) is 26.3 Å². The SMILES string of the molecule is COC(=O)c1ccc2c(C(F)(F)F)cnc(OS(=O)(=O)C(F)(F)F)c2c1. The predicted octanol–water partition coefficient (Wildman–Crippen LogP) is 3.27. The van der Waals surface area contributed by atoms with E-state index in [1.165, 1.54) is 0 Å². The first-order valence-electron chi connectivity index (χ1n) is 6.37. The fraction of sp³-hybridized carbons (Fsp3) is 0.231. The van der Waals surface area contributed by atoms with Crippen LogP contribution in [-0.2, 0) is 21.0 Å². The molecule has 0 bridgehead atoms. The van der Waals surface area contributed by atoms with Crippen LogP contribution in [0.3, 0.4) is 0 Å². The van der Waals surface area contributed by atoms with E-state index in [-0.39, 0.29) is 11.8 Å². The number of rotatable bonds is 3. The number of carbonyl (C=O) groups excluding carboxylic acids is 1. The highest BCUT2D eigenvalue weighted by Gasteiger charge is 2.49. The smallest absolute Gasteiger partial charge is 0.465 e. The number of alkyl halides is 6. The van der Waals surface area contributed by atoms with Crippen LogP contribution in [0, 0.1) is 0 Å². The van der Waals surface area contributed by atoms with E-state index >= 15 is 0 Å². The molecule has 1 heterocycles. The number of ether oxygens (including phenoxy) is 1. The van der Waals surface area contributed by atoms with Gasteiger partial charge in [-0.25, -0.2) is 9.78 Å².